The van der Waals surface area contributed by atoms with Crippen LogP contribution in [-0.2, 0) is 11.3 Å². The molecule has 0 radical (unpaired) electrons. The minimum atomic E-state index is -0.317. The number of carbonyl (C=O) groups is 2. The van der Waals surface area contributed by atoms with Crippen molar-refractivity contribution in [2.45, 2.75) is 39.2 Å². The molecule has 230 valence electrons. The van der Waals surface area contributed by atoms with E-state index >= 15 is 0 Å². The van der Waals surface area contributed by atoms with Crippen LogP contribution in [0.25, 0.3) is 10.9 Å². The average molecular weight is 599 g/mol. The maximum Gasteiger partial charge on any atom is 0.253 e. The molecule has 0 bridgehead atoms. The Labute approximate surface area is 257 Å². The van der Waals surface area contributed by atoms with Crippen molar-refractivity contribution in [2.75, 3.05) is 45.9 Å². The van der Waals surface area contributed by atoms with E-state index in [0.717, 1.165) is 80.7 Å². The van der Waals surface area contributed by atoms with Crippen molar-refractivity contribution in [3.8, 4) is 11.5 Å². The largest absolute Gasteiger partial charge is 0.457 e. The second kappa shape index (κ2) is 13.7. The zero-order valence-electron chi connectivity index (χ0n) is 25.2. The Kier molecular flexibility index (Phi) is 9.33. The van der Waals surface area contributed by atoms with E-state index in [-0.39, 0.29) is 17.5 Å². The van der Waals surface area contributed by atoms with Gasteiger partial charge in [0, 0.05) is 61.9 Å². The number of fused-ring (bicyclic) bond motifs is 1. The number of benzene rings is 3. The molecule has 2 fully saturated rings. The first-order chi connectivity index (χ1) is 21.4. The molecule has 1 aromatic heterocycles. The molecule has 4 aromatic rings. The molecule has 8 nitrogen and oxygen atoms in total. The summed E-state index contributed by atoms with van der Waals surface area (Å²) in [7, 11) is 0. The van der Waals surface area contributed by atoms with Gasteiger partial charge < -0.3 is 14.4 Å². The molecule has 3 heterocycles. The highest BCUT2D eigenvalue weighted by Gasteiger charge is 2.25. The SMILES string of the molecule is Cc1c(C(=O)CCCN2CCOCC2)ccc2nn(CC3CCN(C(=O)c4ccc(Oc5ccc(F)cc5)cc4)CC3)cc12. The zero-order chi connectivity index (χ0) is 30.5. The van der Waals surface area contributed by atoms with E-state index in [2.05, 4.69) is 11.1 Å². The number of aryl methyl sites for hydroxylation is 1. The van der Waals surface area contributed by atoms with Crippen LogP contribution in [0.4, 0.5) is 4.39 Å². The van der Waals surface area contributed by atoms with Gasteiger partial charge in [-0.05, 0) is 105 Å². The zero-order valence-corrected chi connectivity index (χ0v) is 25.2. The molecule has 0 unspecified atom stereocenters. The lowest BCUT2D eigenvalue weighted by molar-refractivity contribution is 0.0371. The molecule has 0 atom stereocenters. The molecular formula is C35H39FN4O4. The van der Waals surface area contributed by atoms with Crippen LogP contribution in [-0.4, -0.2) is 77.2 Å². The first-order valence-electron chi connectivity index (χ1n) is 15.6. The number of halogens is 1. The van der Waals surface area contributed by atoms with Gasteiger partial charge in [0.15, 0.2) is 5.78 Å². The smallest absolute Gasteiger partial charge is 0.253 e. The van der Waals surface area contributed by atoms with Gasteiger partial charge in [-0.15, -0.1) is 0 Å². The molecule has 0 saturated carbocycles. The highest BCUT2D eigenvalue weighted by atomic mass is 19.1. The van der Waals surface area contributed by atoms with E-state index in [0.29, 0.717) is 42.5 Å². The van der Waals surface area contributed by atoms with Crippen LogP contribution in [0.1, 0.15) is 52.0 Å². The molecule has 44 heavy (non-hydrogen) atoms. The number of ketones is 1. The summed E-state index contributed by atoms with van der Waals surface area (Å²) < 4.78 is 26.3. The molecule has 2 aliphatic heterocycles. The summed E-state index contributed by atoms with van der Waals surface area (Å²) in [5.74, 6) is 1.44. The number of ether oxygens (including phenoxy) is 2. The molecule has 0 spiro atoms. The molecule has 0 N–H and O–H groups in total. The third kappa shape index (κ3) is 7.17. The summed E-state index contributed by atoms with van der Waals surface area (Å²) >= 11 is 0. The van der Waals surface area contributed by atoms with Crippen molar-refractivity contribution in [3.05, 3.63) is 89.4 Å². The predicted molar refractivity (Wildman–Crippen MR) is 167 cm³/mol. The summed E-state index contributed by atoms with van der Waals surface area (Å²) in [5.41, 5.74) is 3.32. The third-order valence-corrected chi connectivity index (χ3v) is 8.79. The number of hydrogen-bond acceptors (Lipinski definition) is 6. The number of Topliss-reactive ketones (excluding diaryl/α,β-unsaturated/α-hetero) is 1. The van der Waals surface area contributed by atoms with Gasteiger partial charge in [0.1, 0.15) is 17.3 Å². The lowest BCUT2D eigenvalue weighted by Gasteiger charge is -2.32. The minimum absolute atomic E-state index is 0.0133. The molecule has 9 heteroatoms. The number of piperidine rings is 1. The van der Waals surface area contributed by atoms with Gasteiger partial charge in [-0.3, -0.25) is 19.2 Å². The van der Waals surface area contributed by atoms with E-state index in [9.17, 15) is 14.0 Å². The van der Waals surface area contributed by atoms with E-state index in [4.69, 9.17) is 14.6 Å². The Morgan fingerprint density at radius 3 is 2.32 bits per heavy atom. The van der Waals surface area contributed by atoms with E-state index in [1.54, 1.807) is 36.4 Å². The van der Waals surface area contributed by atoms with Crippen LogP contribution >= 0.6 is 0 Å². The Hall–Kier alpha value is -4.08. The van der Waals surface area contributed by atoms with Crippen LogP contribution in [0.15, 0.2) is 66.9 Å². The molecular weight excluding hydrogens is 559 g/mol. The van der Waals surface area contributed by atoms with Gasteiger partial charge in [0.25, 0.3) is 5.91 Å². The van der Waals surface area contributed by atoms with Crippen molar-refractivity contribution in [3.63, 3.8) is 0 Å². The Bertz CT molecular complexity index is 1590. The van der Waals surface area contributed by atoms with Gasteiger partial charge in [-0.25, -0.2) is 4.39 Å². The monoisotopic (exact) mass is 598 g/mol. The highest BCUT2D eigenvalue weighted by Crippen LogP contribution is 2.26. The summed E-state index contributed by atoms with van der Waals surface area (Å²) in [6, 6.07) is 16.8. The van der Waals surface area contributed by atoms with Crippen molar-refractivity contribution < 1.29 is 23.5 Å². The van der Waals surface area contributed by atoms with Crippen LogP contribution in [0, 0.1) is 18.7 Å². The fourth-order valence-electron chi connectivity index (χ4n) is 6.17. The normalized spacial score (nSPS) is 16.4. The molecule has 2 saturated heterocycles. The Morgan fingerprint density at radius 2 is 1.61 bits per heavy atom. The number of aromatic nitrogens is 2. The molecule has 2 aliphatic rings. The third-order valence-electron chi connectivity index (χ3n) is 8.79. The highest BCUT2D eigenvalue weighted by molar-refractivity contribution is 6.01. The Balaban J connectivity index is 0.997. The first-order valence-corrected chi connectivity index (χ1v) is 15.6. The van der Waals surface area contributed by atoms with Crippen LogP contribution in [0.5, 0.6) is 11.5 Å². The van der Waals surface area contributed by atoms with E-state index in [1.807, 2.05) is 28.6 Å². The number of carbonyl (C=O) groups excluding carboxylic acids is 2. The number of likely N-dealkylation sites (tertiary alicyclic amines) is 1. The topological polar surface area (TPSA) is 76.9 Å². The van der Waals surface area contributed by atoms with Gasteiger partial charge in [-0.1, -0.05) is 0 Å². The summed E-state index contributed by atoms with van der Waals surface area (Å²) in [6.07, 6.45) is 5.28. The van der Waals surface area contributed by atoms with Gasteiger partial charge in [0.05, 0.1) is 18.7 Å². The maximum absolute atomic E-state index is 13.2. The number of amides is 1. The van der Waals surface area contributed by atoms with Crippen LogP contribution in [0.3, 0.4) is 0 Å². The second-order valence-corrected chi connectivity index (χ2v) is 11.8. The van der Waals surface area contributed by atoms with Gasteiger partial charge in [0.2, 0.25) is 0 Å². The van der Waals surface area contributed by atoms with Crippen molar-refractivity contribution in [1.29, 1.82) is 0 Å². The minimum Gasteiger partial charge on any atom is -0.457 e. The average Bonchev–Trinajstić information content (AvgIpc) is 3.47. The molecule has 3 aromatic carbocycles. The quantitative estimate of drug-likeness (QED) is 0.205. The number of morpholine rings is 1. The fraction of sp³-hybridized carbons (Fsp3) is 0.400. The number of hydrogen-bond donors (Lipinski definition) is 0. The number of nitrogens with zero attached hydrogens (tertiary/aromatic N) is 4. The van der Waals surface area contributed by atoms with Gasteiger partial charge >= 0.3 is 0 Å². The standard InChI is InChI=1S/C35H39FN4O4/c1-25-31(34(41)3-2-16-38-19-21-43-22-20-38)12-13-33-32(25)24-40(37-33)23-26-14-17-39(18-15-26)35(42)27-4-8-29(9-5-27)44-30-10-6-28(36)7-11-30/h4-13,24,26H,2-3,14-23H2,1H3. The van der Waals surface area contributed by atoms with E-state index < -0.39 is 0 Å². The van der Waals surface area contributed by atoms with Crippen molar-refractivity contribution in [1.82, 2.24) is 19.6 Å². The Morgan fingerprint density at radius 1 is 0.932 bits per heavy atom. The van der Waals surface area contributed by atoms with Crippen molar-refractivity contribution in [2.24, 2.45) is 5.92 Å². The first kappa shape index (κ1) is 30.0. The predicted octanol–water partition coefficient (Wildman–Crippen LogP) is 6.12. The maximum atomic E-state index is 13.2. The van der Waals surface area contributed by atoms with Gasteiger partial charge in [-0.2, -0.15) is 5.10 Å². The summed E-state index contributed by atoms with van der Waals surface area (Å²) in [5, 5.41) is 5.84. The summed E-state index contributed by atoms with van der Waals surface area (Å²) in [6.45, 7) is 8.56. The lowest BCUT2D eigenvalue weighted by atomic mass is 9.96. The molecule has 0 aliphatic carbocycles. The van der Waals surface area contributed by atoms with Crippen molar-refractivity contribution >= 4 is 22.6 Å². The second-order valence-electron chi connectivity index (χ2n) is 11.8. The lowest BCUT2D eigenvalue weighted by Crippen LogP contribution is -2.39. The molecule has 6 rings (SSSR count). The van der Waals surface area contributed by atoms with E-state index in [1.165, 1.54) is 12.1 Å². The fourth-order valence-corrected chi connectivity index (χ4v) is 6.17. The molecule has 1 amide bonds. The van der Waals surface area contributed by atoms with Crippen LogP contribution in [0.2, 0.25) is 0 Å². The van der Waals surface area contributed by atoms with Crippen LogP contribution < -0.4 is 4.74 Å². The number of rotatable bonds is 10. The summed E-state index contributed by atoms with van der Waals surface area (Å²) in [4.78, 5) is 30.5.